The van der Waals surface area contributed by atoms with Crippen LogP contribution >= 0.6 is 0 Å². The van der Waals surface area contributed by atoms with E-state index in [9.17, 15) is 4.79 Å². The zero-order valence-electron chi connectivity index (χ0n) is 12.3. The molecule has 2 aliphatic rings. The van der Waals surface area contributed by atoms with Gasteiger partial charge in [-0.05, 0) is 26.7 Å². The Morgan fingerprint density at radius 2 is 1.68 bits per heavy atom. The van der Waals surface area contributed by atoms with E-state index in [2.05, 4.69) is 4.90 Å². The van der Waals surface area contributed by atoms with Crippen LogP contribution in [0.5, 0.6) is 0 Å². The number of urea groups is 1. The van der Waals surface area contributed by atoms with Gasteiger partial charge >= 0.3 is 6.03 Å². The van der Waals surface area contributed by atoms with Gasteiger partial charge in [-0.15, -0.1) is 0 Å². The first-order chi connectivity index (χ1) is 9.26. The maximum Gasteiger partial charge on any atom is 0.320 e. The number of carbonyl (C=O) groups is 1. The van der Waals surface area contributed by atoms with Crippen LogP contribution in [-0.4, -0.2) is 79.3 Å². The zero-order chi connectivity index (χ0) is 13.7. The van der Waals surface area contributed by atoms with Crippen molar-refractivity contribution in [2.45, 2.75) is 32.7 Å². The van der Waals surface area contributed by atoms with Crippen LogP contribution in [0, 0.1) is 0 Å². The molecule has 2 fully saturated rings. The third kappa shape index (κ3) is 3.60. The Hall–Kier alpha value is -0.810. The van der Waals surface area contributed by atoms with Gasteiger partial charge in [-0.1, -0.05) is 0 Å². The standard InChI is InChI=1S/C14H27N3O2/c1-3-15(4-2)14(18)17-9-7-16(8-10-17)13-5-11-19-12-6-13/h13H,3-12H2,1-2H3. The van der Waals surface area contributed by atoms with Crippen LogP contribution in [-0.2, 0) is 4.74 Å². The highest BCUT2D eigenvalue weighted by atomic mass is 16.5. The van der Waals surface area contributed by atoms with Gasteiger partial charge in [-0.25, -0.2) is 4.79 Å². The van der Waals surface area contributed by atoms with Gasteiger partial charge in [0.15, 0.2) is 0 Å². The van der Waals surface area contributed by atoms with Crippen LogP contribution in [0.2, 0.25) is 0 Å². The molecule has 5 heteroatoms. The van der Waals surface area contributed by atoms with Gasteiger partial charge in [0.05, 0.1) is 0 Å². The van der Waals surface area contributed by atoms with Crippen LogP contribution < -0.4 is 0 Å². The number of hydrogen-bond acceptors (Lipinski definition) is 3. The van der Waals surface area contributed by atoms with Crippen molar-refractivity contribution in [3.05, 3.63) is 0 Å². The summed E-state index contributed by atoms with van der Waals surface area (Å²) in [5.74, 6) is 0. The van der Waals surface area contributed by atoms with Gasteiger partial charge in [0.25, 0.3) is 0 Å². The van der Waals surface area contributed by atoms with Crippen LogP contribution in [0.15, 0.2) is 0 Å². The Morgan fingerprint density at radius 1 is 1.11 bits per heavy atom. The fourth-order valence-corrected chi connectivity index (χ4v) is 3.02. The zero-order valence-corrected chi connectivity index (χ0v) is 12.3. The molecule has 110 valence electrons. The predicted octanol–water partition coefficient (Wildman–Crippen LogP) is 1.24. The Bertz CT molecular complexity index is 280. The van der Waals surface area contributed by atoms with Crippen LogP contribution in [0.4, 0.5) is 4.79 Å². The number of amides is 2. The Morgan fingerprint density at radius 3 is 2.21 bits per heavy atom. The summed E-state index contributed by atoms with van der Waals surface area (Å²) >= 11 is 0. The second kappa shape index (κ2) is 7.10. The molecule has 2 amide bonds. The second-order valence-electron chi connectivity index (χ2n) is 5.32. The molecule has 0 aliphatic carbocycles. The largest absolute Gasteiger partial charge is 0.381 e. The molecule has 2 heterocycles. The molecule has 0 radical (unpaired) electrons. The van der Waals surface area contributed by atoms with E-state index >= 15 is 0 Å². The van der Waals surface area contributed by atoms with E-state index in [1.165, 1.54) is 0 Å². The van der Waals surface area contributed by atoms with Crippen molar-refractivity contribution in [1.29, 1.82) is 0 Å². The molecule has 0 aromatic carbocycles. The molecule has 0 N–H and O–H groups in total. The van der Waals surface area contributed by atoms with Crippen LogP contribution in [0.1, 0.15) is 26.7 Å². The van der Waals surface area contributed by atoms with Crippen LogP contribution in [0.25, 0.3) is 0 Å². The van der Waals surface area contributed by atoms with Crippen molar-refractivity contribution >= 4 is 6.03 Å². The minimum Gasteiger partial charge on any atom is -0.381 e. The summed E-state index contributed by atoms with van der Waals surface area (Å²) in [7, 11) is 0. The van der Waals surface area contributed by atoms with Gasteiger partial charge in [0.2, 0.25) is 0 Å². The topological polar surface area (TPSA) is 36.0 Å². The fourth-order valence-electron chi connectivity index (χ4n) is 3.02. The lowest BCUT2D eigenvalue weighted by molar-refractivity contribution is 0.0166. The van der Waals surface area contributed by atoms with E-state index in [-0.39, 0.29) is 6.03 Å². The van der Waals surface area contributed by atoms with E-state index < -0.39 is 0 Å². The molecular weight excluding hydrogens is 242 g/mol. The molecule has 2 aliphatic heterocycles. The highest BCUT2D eigenvalue weighted by Crippen LogP contribution is 2.17. The van der Waals surface area contributed by atoms with Crippen molar-refractivity contribution < 1.29 is 9.53 Å². The summed E-state index contributed by atoms with van der Waals surface area (Å²) in [6.45, 7) is 11.2. The van der Waals surface area contributed by atoms with E-state index in [0.29, 0.717) is 6.04 Å². The summed E-state index contributed by atoms with van der Waals surface area (Å²) in [5, 5.41) is 0. The SMILES string of the molecule is CCN(CC)C(=O)N1CCN(C2CCOCC2)CC1. The summed E-state index contributed by atoms with van der Waals surface area (Å²) < 4.78 is 5.41. The van der Waals surface area contributed by atoms with Gasteiger partial charge in [-0.3, -0.25) is 4.90 Å². The van der Waals surface area contributed by atoms with Crippen molar-refractivity contribution in [3.63, 3.8) is 0 Å². The Balaban J connectivity index is 1.79. The second-order valence-corrected chi connectivity index (χ2v) is 5.32. The molecule has 2 rings (SSSR count). The lowest BCUT2D eigenvalue weighted by Crippen LogP contribution is -2.55. The Labute approximate surface area is 116 Å². The molecule has 0 unspecified atom stereocenters. The molecular formula is C14H27N3O2. The number of nitrogens with zero attached hydrogens (tertiary/aromatic N) is 3. The fraction of sp³-hybridized carbons (Fsp3) is 0.929. The quantitative estimate of drug-likeness (QED) is 0.773. The summed E-state index contributed by atoms with van der Waals surface area (Å²) in [5.41, 5.74) is 0. The minimum absolute atomic E-state index is 0.205. The van der Waals surface area contributed by atoms with Gasteiger partial charge in [0.1, 0.15) is 0 Å². The first-order valence-corrected chi connectivity index (χ1v) is 7.61. The van der Waals surface area contributed by atoms with E-state index in [1.54, 1.807) is 0 Å². The first kappa shape index (κ1) is 14.6. The molecule has 5 nitrogen and oxygen atoms in total. The van der Waals surface area contributed by atoms with Crippen molar-refractivity contribution in [2.75, 3.05) is 52.5 Å². The number of carbonyl (C=O) groups excluding carboxylic acids is 1. The monoisotopic (exact) mass is 269 g/mol. The molecule has 2 saturated heterocycles. The maximum atomic E-state index is 12.3. The van der Waals surface area contributed by atoms with Crippen LogP contribution in [0.3, 0.4) is 0 Å². The van der Waals surface area contributed by atoms with E-state index in [4.69, 9.17) is 4.74 Å². The first-order valence-electron chi connectivity index (χ1n) is 7.61. The lowest BCUT2D eigenvalue weighted by Gasteiger charge is -2.41. The van der Waals surface area contributed by atoms with Gasteiger partial charge in [-0.2, -0.15) is 0 Å². The number of rotatable bonds is 3. The molecule has 0 bridgehead atoms. The normalized spacial score (nSPS) is 22.5. The minimum atomic E-state index is 0.205. The summed E-state index contributed by atoms with van der Waals surface area (Å²) in [6, 6.07) is 0.871. The Kier molecular flexibility index (Phi) is 5.45. The average molecular weight is 269 g/mol. The highest BCUT2D eigenvalue weighted by Gasteiger charge is 2.28. The molecule has 0 atom stereocenters. The molecule has 19 heavy (non-hydrogen) atoms. The van der Waals surface area contributed by atoms with Gasteiger partial charge in [0, 0.05) is 58.5 Å². The smallest absolute Gasteiger partial charge is 0.320 e. The average Bonchev–Trinajstić information content (AvgIpc) is 2.49. The van der Waals surface area contributed by atoms with E-state index in [0.717, 1.165) is 65.3 Å². The van der Waals surface area contributed by atoms with Gasteiger partial charge < -0.3 is 14.5 Å². The highest BCUT2D eigenvalue weighted by molar-refractivity contribution is 5.74. The summed E-state index contributed by atoms with van der Waals surface area (Å²) in [6.07, 6.45) is 2.29. The molecule has 0 spiro atoms. The number of ether oxygens (including phenoxy) is 1. The molecule has 0 aromatic rings. The lowest BCUT2D eigenvalue weighted by atomic mass is 10.1. The molecule has 0 aromatic heterocycles. The maximum absolute atomic E-state index is 12.3. The number of piperazine rings is 1. The molecule has 0 saturated carbocycles. The predicted molar refractivity (Wildman–Crippen MR) is 75.3 cm³/mol. The third-order valence-corrected chi connectivity index (χ3v) is 4.33. The number of hydrogen-bond donors (Lipinski definition) is 0. The third-order valence-electron chi connectivity index (χ3n) is 4.33. The summed E-state index contributed by atoms with van der Waals surface area (Å²) in [4.78, 5) is 18.7. The van der Waals surface area contributed by atoms with Crippen molar-refractivity contribution in [1.82, 2.24) is 14.7 Å². The van der Waals surface area contributed by atoms with Crippen molar-refractivity contribution in [3.8, 4) is 0 Å². The van der Waals surface area contributed by atoms with Crippen molar-refractivity contribution in [2.24, 2.45) is 0 Å². The van der Waals surface area contributed by atoms with E-state index in [1.807, 2.05) is 23.6 Å².